The molecule has 0 unspecified atom stereocenters. The zero-order chi connectivity index (χ0) is 15.6. The summed E-state index contributed by atoms with van der Waals surface area (Å²) in [4.78, 5) is 11.4. The lowest BCUT2D eigenvalue weighted by Gasteiger charge is -2.16. The number of benzene rings is 2. The van der Waals surface area contributed by atoms with E-state index in [1.807, 2.05) is 0 Å². The molecule has 0 aliphatic rings. The summed E-state index contributed by atoms with van der Waals surface area (Å²) in [5.74, 6) is -0.887. The fraction of sp³-hybridized carbons (Fsp3) is 0.0714. The van der Waals surface area contributed by atoms with E-state index in [1.54, 1.807) is 0 Å². The molecule has 2 rings (SSSR count). The van der Waals surface area contributed by atoms with Gasteiger partial charge in [0.15, 0.2) is 0 Å². The van der Waals surface area contributed by atoms with Gasteiger partial charge >= 0.3 is 5.97 Å². The Bertz CT molecular complexity index is 688. The highest BCUT2D eigenvalue weighted by molar-refractivity contribution is 6.42. The van der Waals surface area contributed by atoms with E-state index in [0.29, 0.717) is 15.6 Å². The average Bonchev–Trinajstić information content (AvgIpc) is 2.43. The summed E-state index contributed by atoms with van der Waals surface area (Å²) in [7, 11) is 0. The zero-order valence-electron chi connectivity index (χ0n) is 10.3. The second-order valence-electron chi connectivity index (χ2n) is 4.09. The Labute approximate surface area is 141 Å². The van der Waals surface area contributed by atoms with Crippen molar-refractivity contribution in [1.29, 1.82) is 0 Å². The highest BCUT2D eigenvalue weighted by Gasteiger charge is 2.23. The van der Waals surface area contributed by atoms with Crippen LogP contribution in [0.2, 0.25) is 20.1 Å². The molecule has 7 heteroatoms. The van der Waals surface area contributed by atoms with Gasteiger partial charge in [0.25, 0.3) is 0 Å². The smallest absolute Gasteiger partial charge is 0.349 e. The van der Waals surface area contributed by atoms with Crippen LogP contribution in [0.4, 0.5) is 0 Å². The summed E-state index contributed by atoms with van der Waals surface area (Å²) < 4.78 is 5.45. The number of hydrogen-bond donors (Lipinski definition) is 1. The average molecular weight is 366 g/mol. The number of carbonyl (C=O) groups is 1. The van der Waals surface area contributed by atoms with E-state index < -0.39 is 12.1 Å². The van der Waals surface area contributed by atoms with Crippen molar-refractivity contribution in [2.75, 3.05) is 0 Å². The summed E-state index contributed by atoms with van der Waals surface area (Å²) in [5, 5.41) is 10.5. The van der Waals surface area contributed by atoms with E-state index in [2.05, 4.69) is 0 Å². The predicted molar refractivity (Wildman–Crippen MR) is 83.9 cm³/mol. The van der Waals surface area contributed by atoms with Crippen LogP contribution < -0.4 is 4.74 Å². The van der Waals surface area contributed by atoms with Crippen LogP contribution in [-0.4, -0.2) is 11.1 Å². The van der Waals surface area contributed by atoms with E-state index in [9.17, 15) is 9.90 Å². The number of hydrogen-bond acceptors (Lipinski definition) is 2. The van der Waals surface area contributed by atoms with Crippen molar-refractivity contribution < 1.29 is 14.6 Å². The normalized spacial score (nSPS) is 12.0. The fourth-order valence-electron chi connectivity index (χ4n) is 1.62. The summed E-state index contributed by atoms with van der Waals surface area (Å²) in [5.41, 5.74) is 0.364. The molecule has 21 heavy (non-hydrogen) atoms. The van der Waals surface area contributed by atoms with Crippen molar-refractivity contribution in [3.63, 3.8) is 0 Å². The van der Waals surface area contributed by atoms with Gasteiger partial charge in [-0.2, -0.15) is 0 Å². The van der Waals surface area contributed by atoms with Crippen molar-refractivity contribution in [3.05, 3.63) is 62.1 Å². The largest absolute Gasteiger partial charge is 0.478 e. The fourth-order valence-corrected chi connectivity index (χ4v) is 2.22. The van der Waals surface area contributed by atoms with Crippen LogP contribution in [0.3, 0.4) is 0 Å². The number of ether oxygens (including phenoxy) is 1. The molecule has 0 bridgehead atoms. The van der Waals surface area contributed by atoms with Crippen LogP contribution in [0.5, 0.6) is 5.75 Å². The minimum Gasteiger partial charge on any atom is -0.478 e. The maximum absolute atomic E-state index is 11.4. The number of carboxylic acid groups (broad SMARTS) is 1. The van der Waals surface area contributed by atoms with Gasteiger partial charge in [-0.3, -0.25) is 0 Å². The van der Waals surface area contributed by atoms with Gasteiger partial charge in [-0.05, 0) is 24.3 Å². The second kappa shape index (κ2) is 6.75. The van der Waals surface area contributed by atoms with Gasteiger partial charge in [-0.1, -0.05) is 52.5 Å². The maximum Gasteiger partial charge on any atom is 0.349 e. The molecule has 0 amide bonds. The second-order valence-corrected chi connectivity index (χ2v) is 5.71. The molecule has 0 aliphatic carbocycles. The lowest BCUT2D eigenvalue weighted by molar-refractivity contribution is -0.145. The molecule has 1 N–H and O–H groups in total. The van der Waals surface area contributed by atoms with Gasteiger partial charge in [0.1, 0.15) is 5.75 Å². The van der Waals surface area contributed by atoms with Crippen LogP contribution in [0.25, 0.3) is 0 Å². The summed E-state index contributed by atoms with van der Waals surface area (Å²) in [6.45, 7) is 0. The van der Waals surface area contributed by atoms with Crippen molar-refractivity contribution in [1.82, 2.24) is 0 Å². The number of halogens is 4. The van der Waals surface area contributed by atoms with Crippen molar-refractivity contribution in [3.8, 4) is 5.75 Å². The topological polar surface area (TPSA) is 46.5 Å². The molecule has 0 saturated heterocycles. The van der Waals surface area contributed by atoms with Gasteiger partial charge in [0.2, 0.25) is 6.10 Å². The van der Waals surface area contributed by atoms with Crippen LogP contribution in [0, 0.1) is 0 Å². The maximum atomic E-state index is 11.4. The minimum absolute atomic E-state index is 0.248. The van der Waals surface area contributed by atoms with Crippen LogP contribution in [0.15, 0.2) is 36.4 Å². The van der Waals surface area contributed by atoms with Crippen LogP contribution in [0.1, 0.15) is 11.7 Å². The molecular formula is C14H8Cl4O3. The Morgan fingerprint density at radius 1 is 0.905 bits per heavy atom. The van der Waals surface area contributed by atoms with Gasteiger partial charge in [0.05, 0.1) is 20.1 Å². The van der Waals surface area contributed by atoms with Crippen molar-refractivity contribution >= 4 is 52.4 Å². The van der Waals surface area contributed by atoms with E-state index in [0.717, 1.165) is 0 Å². The summed E-state index contributed by atoms with van der Waals surface area (Å²) in [6, 6.07) is 8.98. The molecule has 0 aliphatic heterocycles. The molecule has 0 heterocycles. The first-order chi connectivity index (χ1) is 9.88. The molecule has 110 valence electrons. The van der Waals surface area contributed by atoms with E-state index >= 15 is 0 Å². The minimum atomic E-state index is -1.24. The van der Waals surface area contributed by atoms with Gasteiger partial charge in [-0.25, -0.2) is 4.79 Å². The summed E-state index contributed by atoms with van der Waals surface area (Å²) >= 11 is 23.4. The molecule has 0 fully saturated rings. The Hall–Kier alpha value is -1.13. The first kappa shape index (κ1) is 16.2. The van der Waals surface area contributed by atoms with E-state index in [-0.39, 0.29) is 15.8 Å². The standard InChI is InChI=1S/C14H8Cl4O3/c15-9-3-1-7(5-11(9)17)13(14(19)20)21-8-2-4-10(16)12(18)6-8/h1-6,13H,(H,19,20)/t13-/m1/s1. The molecule has 0 aromatic heterocycles. The third kappa shape index (κ3) is 3.95. The zero-order valence-corrected chi connectivity index (χ0v) is 13.3. The predicted octanol–water partition coefficient (Wildman–Crippen LogP) is 5.50. The Morgan fingerprint density at radius 3 is 2.00 bits per heavy atom. The third-order valence-electron chi connectivity index (χ3n) is 2.62. The molecule has 0 saturated carbocycles. The lowest BCUT2D eigenvalue weighted by Crippen LogP contribution is -2.18. The number of rotatable bonds is 4. The van der Waals surface area contributed by atoms with Crippen molar-refractivity contribution in [2.24, 2.45) is 0 Å². The SMILES string of the molecule is O=C(O)[C@H](Oc1ccc(Cl)c(Cl)c1)c1ccc(Cl)c(Cl)c1. The third-order valence-corrected chi connectivity index (χ3v) is 4.09. The van der Waals surface area contributed by atoms with Crippen LogP contribution >= 0.6 is 46.4 Å². The first-order valence-electron chi connectivity index (χ1n) is 5.68. The highest BCUT2D eigenvalue weighted by atomic mass is 35.5. The van der Waals surface area contributed by atoms with E-state index in [4.69, 9.17) is 51.1 Å². The molecular weight excluding hydrogens is 358 g/mol. The Morgan fingerprint density at radius 2 is 1.48 bits per heavy atom. The molecule has 0 spiro atoms. The summed E-state index contributed by atoms with van der Waals surface area (Å²) in [6.07, 6.45) is -1.24. The van der Waals surface area contributed by atoms with Crippen LogP contribution in [-0.2, 0) is 4.79 Å². The number of carboxylic acids is 1. The Kier molecular flexibility index (Phi) is 5.22. The number of aliphatic carboxylic acids is 1. The first-order valence-corrected chi connectivity index (χ1v) is 7.19. The molecule has 3 nitrogen and oxygen atoms in total. The van der Waals surface area contributed by atoms with Gasteiger partial charge < -0.3 is 9.84 Å². The Balaban J connectivity index is 2.32. The van der Waals surface area contributed by atoms with Gasteiger partial charge in [0, 0.05) is 11.6 Å². The quantitative estimate of drug-likeness (QED) is 0.777. The molecule has 2 aromatic carbocycles. The van der Waals surface area contributed by atoms with E-state index in [1.165, 1.54) is 36.4 Å². The van der Waals surface area contributed by atoms with Gasteiger partial charge in [-0.15, -0.1) is 0 Å². The molecule has 1 atom stereocenters. The molecule has 2 aromatic rings. The highest BCUT2D eigenvalue weighted by Crippen LogP contribution is 2.31. The monoisotopic (exact) mass is 364 g/mol. The lowest BCUT2D eigenvalue weighted by atomic mass is 10.1. The molecule has 0 radical (unpaired) electrons. The van der Waals surface area contributed by atoms with Crippen molar-refractivity contribution in [2.45, 2.75) is 6.10 Å².